The Balaban J connectivity index is 1.50. The van der Waals surface area contributed by atoms with E-state index in [0.717, 1.165) is 5.56 Å². The SMILES string of the molecule is CN(Cc1ccccc1)S(=O)(=O)CCCCN1C(=O)c2ccccc2C1=O. The number of carbonyl (C=O) groups is 2. The number of unbranched alkanes of at least 4 members (excludes halogenated alkanes) is 1. The van der Waals surface area contributed by atoms with Crippen LogP contribution >= 0.6 is 0 Å². The molecule has 0 fully saturated rings. The number of amides is 2. The number of carbonyl (C=O) groups excluding carboxylic acids is 2. The molecule has 0 bridgehead atoms. The summed E-state index contributed by atoms with van der Waals surface area (Å²) in [5.74, 6) is -0.626. The Morgan fingerprint density at radius 1 is 0.852 bits per heavy atom. The molecular weight excluding hydrogens is 364 g/mol. The third kappa shape index (κ3) is 4.26. The Morgan fingerprint density at radius 3 is 2.00 bits per heavy atom. The van der Waals surface area contributed by atoms with Crippen LogP contribution in [0.5, 0.6) is 0 Å². The number of hydrogen-bond donors (Lipinski definition) is 0. The molecule has 6 nitrogen and oxygen atoms in total. The normalized spacial score (nSPS) is 14.1. The second-order valence-corrected chi connectivity index (χ2v) is 8.77. The molecule has 2 aromatic carbocycles. The van der Waals surface area contributed by atoms with Gasteiger partial charge in [-0.05, 0) is 30.5 Å². The lowest BCUT2D eigenvalue weighted by Gasteiger charge is -2.18. The number of rotatable bonds is 8. The third-order valence-electron chi connectivity index (χ3n) is 4.64. The zero-order valence-corrected chi connectivity index (χ0v) is 16.0. The van der Waals surface area contributed by atoms with Gasteiger partial charge in [0.15, 0.2) is 0 Å². The van der Waals surface area contributed by atoms with Gasteiger partial charge in [-0.3, -0.25) is 14.5 Å². The summed E-state index contributed by atoms with van der Waals surface area (Å²) in [6.45, 7) is 0.547. The molecule has 0 N–H and O–H groups in total. The summed E-state index contributed by atoms with van der Waals surface area (Å²) in [4.78, 5) is 25.8. The maximum absolute atomic E-state index is 12.4. The molecule has 2 aromatic rings. The molecule has 7 heteroatoms. The predicted octanol–water partition coefficient (Wildman–Crippen LogP) is 2.52. The topological polar surface area (TPSA) is 74.8 Å². The van der Waals surface area contributed by atoms with E-state index in [0.29, 0.717) is 30.5 Å². The largest absolute Gasteiger partial charge is 0.274 e. The lowest BCUT2D eigenvalue weighted by Crippen LogP contribution is -2.32. The van der Waals surface area contributed by atoms with E-state index in [4.69, 9.17) is 0 Å². The van der Waals surface area contributed by atoms with Crippen LogP contribution in [-0.4, -0.2) is 48.8 Å². The summed E-state index contributed by atoms with van der Waals surface area (Å²) < 4.78 is 26.2. The number of nitrogens with zero attached hydrogens (tertiary/aromatic N) is 2. The molecule has 1 heterocycles. The van der Waals surface area contributed by atoms with E-state index in [2.05, 4.69) is 0 Å². The van der Waals surface area contributed by atoms with Crippen molar-refractivity contribution in [3.63, 3.8) is 0 Å². The number of sulfonamides is 1. The minimum absolute atomic E-state index is 0.0144. The van der Waals surface area contributed by atoms with E-state index in [1.807, 2.05) is 30.3 Å². The quantitative estimate of drug-likeness (QED) is 0.516. The summed E-state index contributed by atoms with van der Waals surface area (Å²) in [6.07, 6.45) is 0.832. The molecule has 3 rings (SSSR count). The maximum atomic E-state index is 12.4. The zero-order chi connectivity index (χ0) is 19.4. The van der Waals surface area contributed by atoms with Gasteiger partial charge in [-0.25, -0.2) is 12.7 Å². The number of imide groups is 1. The van der Waals surface area contributed by atoms with Gasteiger partial charge in [0.25, 0.3) is 11.8 Å². The monoisotopic (exact) mass is 386 g/mol. The zero-order valence-electron chi connectivity index (χ0n) is 15.2. The Hall–Kier alpha value is -2.51. The fraction of sp³-hybridized carbons (Fsp3) is 0.300. The lowest BCUT2D eigenvalue weighted by atomic mass is 10.1. The second kappa shape index (κ2) is 8.02. The molecule has 1 aliphatic heterocycles. The van der Waals surface area contributed by atoms with Crippen molar-refractivity contribution in [3.8, 4) is 0 Å². The Bertz CT molecular complexity index is 906. The molecule has 0 saturated carbocycles. The van der Waals surface area contributed by atoms with Crippen molar-refractivity contribution in [1.82, 2.24) is 9.21 Å². The van der Waals surface area contributed by atoms with Crippen LogP contribution in [0.4, 0.5) is 0 Å². The highest BCUT2D eigenvalue weighted by Crippen LogP contribution is 2.22. The van der Waals surface area contributed by atoms with Crippen LogP contribution in [0.15, 0.2) is 54.6 Å². The molecule has 0 radical (unpaired) electrons. The molecule has 0 aromatic heterocycles. The highest BCUT2D eigenvalue weighted by molar-refractivity contribution is 7.89. The van der Waals surface area contributed by atoms with Crippen molar-refractivity contribution < 1.29 is 18.0 Å². The van der Waals surface area contributed by atoms with Gasteiger partial charge in [0.05, 0.1) is 16.9 Å². The first-order valence-corrected chi connectivity index (χ1v) is 10.4. The molecule has 0 aliphatic carbocycles. The number of fused-ring (bicyclic) bond motifs is 1. The standard InChI is InChI=1S/C20H22N2O4S/c1-21(15-16-9-3-2-4-10-16)27(25,26)14-8-7-13-22-19(23)17-11-5-6-12-18(17)20(22)24/h2-6,9-12H,7-8,13-15H2,1H3. The maximum Gasteiger partial charge on any atom is 0.261 e. The van der Waals surface area contributed by atoms with Crippen molar-refractivity contribution in [2.24, 2.45) is 0 Å². The highest BCUT2D eigenvalue weighted by atomic mass is 32.2. The average Bonchev–Trinajstić information content (AvgIpc) is 2.91. The van der Waals surface area contributed by atoms with E-state index in [1.54, 1.807) is 31.3 Å². The van der Waals surface area contributed by atoms with Gasteiger partial charge in [0.2, 0.25) is 10.0 Å². The summed E-state index contributed by atoms with van der Waals surface area (Å²) in [5, 5.41) is 0. The van der Waals surface area contributed by atoms with E-state index in [9.17, 15) is 18.0 Å². The van der Waals surface area contributed by atoms with Crippen molar-refractivity contribution in [2.45, 2.75) is 19.4 Å². The Kier molecular flexibility index (Phi) is 5.72. The molecule has 0 saturated heterocycles. The summed E-state index contributed by atoms with van der Waals surface area (Å²) >= 11 is 0. The minimum atomic E-state index is -3.39. The first-order chi connectivity index (χ1) is 12.9. The first-order valence-electron chi connectivity index (χ1n) is 8.83. The van der Waals surface area contributed by atoms with Crippen LogP contribution in [0.3, 0.4) is 0 Å². The van der Waals surface area contributed by atoms with E-state index in [-0.39, 0.29) is 24.1 Å². The van der Waals surface area contributed by atoms with E-state index < -0.39 is 10.0 Å². The first kappa shape index (κ1) is 19.3. The molecule has 1 aliphatic rings. The van der Waals surface area contributed by atoms with Gasteiger partial charge in [-0.1, -0.05) is 42.5 Å². The van der Waals surface area contributed by atoms with Crippen LogP contribution in [-0.2, 0) is 16.6 Å². The summed E-state index contributed by atoms with van der Waals surface area (Å²) in [6, 6.07) is 16.1. The fourth-order valence-corrected chi connectivity index (χ4v) is 4.32. The van der Waals surface area contributed by atoms with Gasteiger partial charge in [-0.15, -0.1) is 0 Å². The van der Waals surface area contributed by atoms with Crippen LogP contribution in [0.2, 0.25) is 0 Å². The van der Waals surface area contributed by atoms with Gasteiger partial charge >= 0.3 is 0 Å². The molecular formula is C20H22N2O4S. The molecule has 0 spiro atoms. The van der Waals surface area contributed by atoms with Crippen molar-refractivity contribution in [2.75, 3.05) is 19.3 Å². The van der Waals surface area contributed by atoms with Gasteiger partial charge < -0.3 is 0 Å². The lowest BCUT2D eigenvalue weighted by molar-refractivity contribution is 0.0652. The van der Waals surface area contributed by atoms with E-state index in [1.165, 1.54) is 9.21 Å². The minimum Gasteiger partial charge on any atom is -0.274 e. The van der Waals surface area contributed by atoms with Crippen molar-refractivity contribution in [3.05, 3.63) is 71.3 Å². The van der Waals surface area contributed by atoms with Crippen LogP contribution in [0, 0.1) is 0 Å². The second-order valence-electron chi connectivity index (χ2n) is 6.57. The van der Waals surface area contributed by atoms with Crippen LogP contribution in [0.1, 0.15) is 39.1 Å². The summed E-state index contributed by atoms with van der Waals surface area (Å²) in [7, 11) is -1.83. The molecule has 0 atom stereocenters. The highest BCUT2D eigenvalue weighted by Gasteiger charge is 2.34. The Labute approximate surface area is 159 Å². The van der Waals surface area contributed by atoms with Gasteiger partial charge in [-0.2, -0.15) is 0 Å². The van der Waals surface area contributed by atoms with Gasteiger partial charge in [0, 0.05) is 20.1 Å². The smallest absolute Gasteiger partial charge is 0.261 e. The fourth-order valence-electron chi connectivity index (χ4n) is 3.09. The molecule has 142 valence electrons. The predicted molar refractivity (Wildman–Crippen MR) is 103 cm³/mol. The van der Waals surface area contributed by atoms with Crippen LogP contribution < -0.4 is 0 Å². The molecule has 27 heavy (non-hydrogen) atoms. The van der Waals surface area contributed by atoms with Crippen LogP contribution in [0.25, 0.3) is 0 Å². The number of hydrogen-bond acceptors (Lipinski definition) is 4. The van der Waals surface area contributed by atoms with Crippen molar-refractivity contribution >= 4 is 21.8 Å². The molecule has 0 unspecified atom stereocenters. The number of benzene rings is 2. The average molecular weight is 386 g/mol. The van der Waals surface area contributed by atoms with E-state index >= 15 is 0 Å². The molecule has 2 amide bonds. The van der Waals surface area contributed by atoms with Gasteiger partial charge in [0.1, 0.15) is 0 Å². The summed E-state index contributed by atoms with van der Waals surface area (Å²) in [5.41, 5.74) is 1.75. The third-order valence-corrected chi connectivity index (χ3v) is 6.52. The van der Waals surface area contributed by atoms with Crippen molar-refractivity contribution in [1.29, 1.82) is 0 Å². The Morgan fingerprint density at radius 2 is 1.41 bits per heavy atom.